The number of rotatable bonds is 18. The number of esters is 1. The molecule has 0 atom stereocenters. The lowest BCUT2D eigenvalue weighted by atomic mass is 10.2. The van der Waals surface area contributed by atoms with Crippen LogP contribution in [0.1, 0.15) is 111 Å². The van der Waals surface area contributed by atoms with E-state index in [9.17, 15) is 4.79 Å². The quantitative estimate of drug-likeness (QED) is 0.0734. The number of hydrogen-bond acceptors (Lipinski definition) is 14. The minimum Gasteiger partial charge on any atom is -0.465 e. The highest BCUT2D eigenvalue weighted by Gasteiger charge is 2.83. The van der Waals surface area contributed by atoms with Crippen LogP contribution in [-0.4, -0.2) is 87.3 Å². The van der Waals surface area contributed by atoms with E-state index in [1.165, 1.54) is 0 Å². The first kappa shape index (κ1) is 49.2. The van der Waals surface area contributed by atoms with Crippen molar-refractivity contribution in [1.29, 1.82) is 0 Å². The average molecular weight is 1010 g/mol. The van der Waals surface area contributed by atoms with Gasteiger partial charge in [0.05, 0.1) is 12.7 Å². The van der Waals surface area contributed by atoms with E-state index in [-0.39, 0.29) is 54.1 Å². The molecule has 0 radical (unpaired) electrons. The molecule has 332 valence electrons. The fourth-order valence-electron chi connectivity index (χ4n) is 8.31. The van der Waals surface area contributed by atoms with Gasteiger partial charge in [0.15, 0.2) is 0 Å². The van der Waals surface area contributed by atoms with Gasteiger partial charge in [-0.25, -0.2) is 0 Å². The summed E-state index contributed by atoms with van der Waals surface area (Å²) in [5.41, 5.74) is 0. The molecule has 0 spiro atoms. The molecule has 0 N–H and O–H groups in total. The van der Waals surface area contributed by atoms with Gasteiger partial charge in [-0.05, 0) is 55.3 Å². The maximum atomic E-state index is 13.2. The topological polar surface area (TPSA) is 137 Å². The lowest BCUT2D eigenvalue weighted by molar-refractivity contribution is -0.145. The van der Waals surface area contributed by atoms with Crippen LogP contribution in [0.4, 0.5) is 0 Å². The standard InChI is InChI=1S/C34H73BrO14Si8/c1-26(2)19-51-38-50(18-17-37-33(36)34(15,16)35)39-52(20-27(3)4)43-54(41-51,22-29(7)8)47-57(25-32(13)14)48-55(42-51,23-30(9)10)44-53(40-50,21-28(5)6)46-56(45-52,49-57)24-31(11)12/h26-32H,17-25H2,1-16H3. The molecule has 0 aromatic rings. The summed E-state index contributed by atoms with van der Waals surface area (Å²) in [5, 5.41) is 0. The summed E-state index contributed by atoms with van der Waals surface area (Å²) in [6, 6.07) is 3.02. The van der Waals surface area contributed by atoms with Crippen molar-refractivity contribution in [3.05, 3.63) is 0 Å². The second-order valence-electron chi connectivity index (χ2n) is 20.2. The summed E-state index contributed by atoms with van der Waals surface area (Å²) < 4.78 is 97.7. The largest absolute Gasteiger partial charge is 0.482 e. The van der Waals surface area contributed by atoms with Gasteiger partial charge in [-0.3, -0.25) is 4.79 Å². The molecule has 23 heteroatoms. The third kappa shape index (κ3) is 11.9. The molecule has 6 saturated heterocycles. The molecule has 8 bridgehead atoms. The van der Waals surface area contributed by atoms with Gasteiger partial charge in [0.1, 0.15) is 4.32 Å². The second-order valence-corrected chi connectivity index (χ2v) is 46.3. The third-order valence-corrected chi connectivity index (χ3v) is 49.7. The summed E-state index contributed by atoms with van der Waals surface area (Å²) in [4.78, 5) is 13.2. The first-order valence-electron chi connectivity index (χ1n) is 21.3. The summed E-state index contributed by atoms with van der Waals surface area (Å²) in [6.45, 7) is 33.3. The van der Waals surface area contributed by atoms with E-state index in [1.807, 2.05) is 0 Å². The van der Waals surface area contributed by atoms with Crippen molar-refractivity contribution < 1.29 is 58.9 Å². The molecule has 0 unspecified atom stereocenters. The molecule has 6 aliphatic rings. The molecule has 57 heavy (non-hydrogen) atoms. The number of carbonyl (C=O) groups is 1. The molecule has 6 heterocycles. The van der Waals surface area contributed by atoms with Crippen LogP contribution in [0.15, 0.2) is 0 Å². The number of ether oxygens (including phenoxy) is 1. The van der Waals surface area contributed by atoms with Crippen molar-refractivity contribution in [2.75, 3.05) is 6.61 Å². The first-order chi connectivity index (χ1) is 26.0. The zero-order valence-corrected chi connectivity index (χ0v) is 47.1. The molecule has 0 aromatic heterocycles. The van der Waals surface area contributed by atoms with Crippen LogP contribution in [0.5, 0.6) is 0 Å². The van der Waals surface area contributed by atoms with E-state index in [0.717, 1.165) is 0 Å². The minimum atomic E-state index is -4.21. The normalized spacial score (nSPS) is 39.4. The van der Waals surface area contributed by atoms with Gasteiger partial charge in [-0.1, -0.05) is 113 Å². The van der Waals surface area contributed by atoms with Gasteiger partial charge in [0.2, 0.25) is 0 Å². The Morgan fingerprint density at radius 1 is 0.404 bits per heavy atom. The lowest BCUT2D eigenvalue weighted by Gasteiger charge is -2.64. The van der Waals surface area contributed by atoms with E-state index in [0.29, 0.717) is 42.3 Å². The molecule has 0 amide bonds. The van der Waals surface area contributed by atoms with E-state index in [4.69, 9.17) is 54.1 Å². The fourth-order valence-corrected chi connectivity index (χ4v) is 59.7. The smallest absolute Gasteiger partial charge is 0.465 e. The highest BCUT2D eigenvalue weighted by Crippen LogP contribution is 2.55. The Bertz CT molecular complexity index is 1270. The van der Waals surface area contributed by atoms with E-state index in [1.54, 1.807) is 13.8 Å². The zero-order valence-electron chi connectivity index (χ0n) is 37.5. The summed E-state index contributed by atoms with van der Waals surface area (Å²) in [6.07, 6.45) is 0. The van der Waals surface area contributed by atoms with Crippen LogP contribution >= 0.6 is 15.9 Å². The SMILES string of the molecule is CC(C)C[Si]12O[Si]3(CCOC(=O)C(C)(C)Br)O[Si]4(CC(C)C)O[Si](CC(C)C)(O1)O[Si]1(CC(C)C)O[Si](CC(C)C)(O2)O[Si](CC(C)C)(O3)O[Si](CC(C)C)(O4)O1. The van der Waals surface area contributed by atoms with Crippen LogP contribution < -0.4 is 0 Å². The molecular weight excluding hydrogens is 937 g/mol. The van der Waals surface area contributed by atoms with Gasteiger partial charge in [-0.15, -0.1) is 0 Å². The summed E-state index contributed by atoms with van der Waals surface area (Å²) in [5.74, 6) is 0.0666. The van der Waals surface area contributed by atoms with Crippen molar-refractivity contribution in [3.8, 4) is 0 Å². The maximum Gasteiger partial charge on any atom is 0.482 e. The lowest BCUT2D eigenvalue weighted by Crippen LogP contribution is -2.88. The molecule has 6 aliphatic heterocycles. The predicted molar refractivity (Wildman–Crippen MR) is 235 cm³/mol. The number of carbonyl (C=O) groups excluding carboxylic acids is 1. The number of halogens is 1. The summed E-state index contributed by atoms with van der Waals surface area (Å²) in [7, 11) is -32.2. The van der Waals surface area contributed by atoms with E-state index < -0.39 is 80.7 Å². The molecule has 6 fully saturated rings. The van der Waals surface area contributed by atoms with Crippen LogP contribution in [0.3, 0.4) is 0 Å². The molecule has 0 saturated carbocycles. The predicted octanol–water partition coefficient (Wildman–Crippen LogP) is 9.07. The number of alkyl halides is 1. The van der Waals surface area contributed by atoms with Gasteiger partial charge in [0, 0.05) is 42.3 Å². The fraction of sp³-hybridized carbons (Fsp3) is 0.971. The molecule has 0 aromatic carbocycles. The average Bonchev–Trinajstić information content (AvgIpc) is 2.89. The Morgan fingerprint density at radius 3 is 0.737 bits per heavy atom. The Hall–Kier alpha value is 1.21. The van der Waals surface area contributed by atoms with Crippen molar-refractivity contribution in [2.24, 2.45) is 41.4 Å². The van der Waals surface area contributed by atoms with Gasteiger partial charge >= 0.3 is 76.4 Å². The van der Waals surface area contributed by atoms with Gasteiger partial charge in [-0.2, -0.15) is 0 Å². The Balaban J connectivity index is 1.93. The Morgan fingerprint density at radius 2 is 0.579 bits per heavy atom. The first-order valence-corrected chi connectivity index (χ1v) is 37.6. The Labute approximate surface area is 360 Å². The minimum absolute atomic E-state index is 0.0498. The zero-order chi connectivity index (χ0) is 42.7. The molecular formula is C34H73BrO14Si8. The maximum absolute atomic E-state index is 13.2. The van der Waals surface area contributed by atoms with E-state index in [2.05, 4.69) is 113 Å². The second kappa shape index (κ2) is 17.6. The van der Waals surface area contributed by atoms with E-state index >= 15 is 0 Å². The molecule has 0 aliphatic carbocycles. The molecule has 6 rings (SSSR count). The third-order valence-electron chi connectivity index (χ3n) is 9.47. The van der Waals surface area contributed by atoms with Crippen molar-refractivity contribution in [2.45, 2.75) is 163 Å². The monoisotopic (exact) mass is 1010 g/mol. The number of hydrogen-bond donors (Lipinski definition) is 0. The van der Waals surface area contributed by atoms with Gasteiger partial charge < -0.3 is 54.1 Å². The molecule has 14 nitrogen and oxygen atoms in total. The van der Waals surface area contributed by atoms with Gasteiger partial charge in [0.25, 0.3) is 0 Å². The van der Waals surface area contributed by atoms with Crippen LogP contribution in [-0.2, 0) is 58.9 Å². The summed E-state index contributed by atoms with van der Waals surface area (Å²) >= 11 is 3.47. The Kier molecular flexibility index (Phi) is 15.2. The highest BCUT2D eigenvalue weighted by molar-refractivity contribution is 9.10. The van der Waals surface area contributed by atoms with Crippen LogP contribution in [0.2, 0.25) is 48.4 Å². The van der Waals surface area contributed by atoms with Crippen LogP contribution in [0, 0.1) is 41.4 Å². The van der Waals surface area contributed by atoms with Crippen LogP contribution in [0.25, 0.3) is 0 Å². The van der Waals surface area contributed by atoms with Crippen molar-refractivity contribution in [3.63, 3.8) is 0 Å². The van der Waals surface area contributed by atoms with Crippen molar-refractivity contribution in [1.82, 2.24) is 0 Å². The highest BCUT2D eigenvalue weighted by atomic mass is 79.9. The van der Waals surface area contributed by atoms with Crippen molar-refractivity contribution >= 4 is 92.3 Å².